The van der Waals surface area contributed by atoms with Crippen LogP contribution in [-0.2, 0) is 120 Å². The van der Waals surface area contributed by atoms with E-state index in [4.69, 9.17) is 33.2 Å². The van der Waals surface area contributed by atoms with Crippen molar-refractivity contribution < 1.29 is 110 Å². The summed E-state index contributed by atoms with van der Waals surface area (Å²) in [5.74, 6) is -7.39. The van der Waals surface area contributed by atoms with Crippen LogP contribution in [0.3, 0.4) is 0 Å². The number of unbranched alkanes of at least 4 members (excludes halogenated alkanes) is 2. The number of alkyl carbamates (subject to hydrolysis) is 3. The van der Waals surface area contributed by atoms with E-state index < -0.39 is 135 Å². The number of carboxylic acids is 1. The van der Waals surface area contributed by atoms with E-state index in [2.05, 4.69) is 26.6 Å². The van der Waals surface area contributed by atoms with Gasteiger partial charge in [0, 0.05) is 88.4 Å². The lowest BCUT2D eigenvalue weighted by Crippen LogP contribution is -2.57. The molecule has 1 saturated carbocycles. The zero-order valence-electron chi connectivity index (χ0n) is 85.9. The van der Waals surface area contributed by atoms with Crippen LogP contribution in [0.5, 0.6) is 0 Å². The third kappa shape index (κ3) is 39.9. The first-order valence-corrected chi connectivity index (χ1v) is 49.0. The maximum atomic E-state index is 14.7. The van der Waals surface area contributed by atoms with Gasteiger partial charge < -0.3 is 69.7 Å². The summed E-state index contributed by atoms with van der Waals surface area (Å²) < 4.78 is 37.1. The molecule has 8 amide bonds. The number of piperidine rings is 1. The van der Waals surface area contributed by atoms with Gasteiger partial charge in [-0.2, -0.15) is 0 Å². The average Bonchev–Trinajstić information content (AvgIpc) is 0.792. The summed E-state index contributed by atoms with van der Waals surface area (Å²) in [6.45, 7) is 37.8. The first kappa shape index (κ1) is 115. The van der Waals surface area contributed by atoms with Crippen LogP contribution in [0.2, 0.25) is 0 Å². The zero-order chi connectivity index (χ0) is 103. The summed E-state index contributed by atoms with van der Waals surface area (Å²) >= 11 is 0. The van der Waals surface area contributed by atoms with Crippen molar-refractivity contribution in [2.75, 3.05) is 40.4 Å². The molecule has 0 spiro atoms. The van der Waals surface area contributed by atoms with Crippen LogP contribution in [0, 0.1) is 40.9 Å². The van der Waals surface area contributed by atoms with E-state index in [-0.39, 0.29) is 137 Å². The Morgan fingerprint density at radius 2 is 0.775 bits per heavy atom. The van der Waals surface area contributed by atoms with Crippen molar-refractivity contribution in [3.05, 3.63) is 143 Å². The van der Waals surface area contributed by atoms with Crippen molar-refractivity contribution in [2.45, 2.75) is 357 Å². The third-order valence-electron chi connectivity index (χ3n) is 24.4. The number of ether oxygens (including phenoxy) is 7. The molecule has 4 aliphatic rings. The molecule has 0 bridgehead atoms. The largest absolute Gasteiger partial charge is 0.480 e. The number of Topliss-reactive ketones (excluding diaryl/α,β-unsaturated/α-hetero) is 4. The minimum atomic E-state index is -1.20. The van der Waals surface area contributed by atoms with Crippen molar-refractivity contribution >= 4 is 89.2 Å². The van der Waals surface area contributed by atoms with Gasteiger partial charge in [-0.15, -0.1) is 0 Å². The molecule has 8 atom stereocenters. The van der Waals surface area contributed by atoms with Crippen molar-refractivity contribution in [1.82, 2.24) is 41.3 Å². The molecular formula is C107H158N8O23. The predicted molar refractivity (Wildman–Crippen MR) is 524 cm³/mol. The molecule has 4 aromatic carbocycles. The number of fused-ring (bicyclic) bond motifs is 2. The van der Waals surface area contributed by atoms with Crippen LogP contribution in [0.15, 0.2) is 109 Å². The Morgan fingerprint density at radius 3 is 1.14 bits per heavy atom. The van der Waals surface area contributed by atoms with Gasteiger partial charge in [-0.05, 0) is 246 Å². The van der Waals surface area contributed by atoms with Gasteiger partial charge in [0.05, 0.1) is 44.8 Å². The minimum absolute atomic E-state index is 0.0172. The van der Waals surface area contributed by atoms with Gasteiger partial charge >= 0.3 is 48.4 Å². The molecule has 1 aliphatic carbocycles. The summed E-state index contributed by atoms with van der Waals surface area (Å²) in [6.07, 6.45) is 5.49. The maximum absolute atomic E-state index is 14.7. The highest BCUT2D eigenvalue weighted by Crippen LogP contribution is 2.37. The van der Waals surface area contributed by atoms with Gasteiger partial charge in [-0.1, -0.05) is 156 Å². The number of methoxy groups -OCH3 is 2. The Bertz CT molecular complexity index is 4710. The molecule has 0 unspecified atom stereocenters. The molecule has 8 rings (SSSR count). The number of carboxylic acid groups (broad SMARTS) is 1. The number of amides is 8. The van der Waals surface area contributed by atoms with Gasteiger partial charge in [0.1, 0.15) is 57.2 Å². The van der Waals surface area contributed by atoms with E-state index in [9.17, 15) is 77.0 Å². The smallest absolute Gasteiger partial charge is 0.411 e. The van der Waals surface area contributed by atoms with Gasteiger partial charge in [0.2, 0.25) is 17.7 Å². The van der Waals surface area contributed by atoms with Gasteiger partial charge in [-0.3, -0.25) is 48.2 Å². The molecule has 3 aliphatic heterocycles. The molecule has 764 valence electrons. The highest BCUT2D eigenvalue weighted by Gasteiger charge is 2.47. The number of carbonyl (C=O) groups excluding carboxylic acids is 14. The summed E-state index contributed by atoms with van der Waals surface area (Å²) in [5, 5.41) is 23.7. The molecule has 31 heteroatoms. The average molecular weight is 1920 g/mol. The molecule has 6 N–H and O–H groups in total. The number of rotatable bonds is 39. The van der Waals surface area contributed by atoms with Gasteiger partial charge in [0.25, 0.3) is 0 Å². The molecule has 2 fully saturated rings. The van der Waals surface area contributed by atoms with Crippen LogP contribution in [0.4, 0.5) is 24.0 Å². The van der Waals surface area contributed by atoms with E-state index in [0.29, 0.717) is 83.8 Å². The first-order chi connectivity index (χ1) is 64.5. The van der Waals surface area contributed by atoms with Crippen LogP contribution in [-0.4, -0.2) is 207 Å². The monoisotopic (exact) mass is 1920 g/mol. The Labute approximate surface area is 817 Å². The van der Waals surface area contributed by atoms with Crippen molar-refractivity contribution in [1.29, 1.82) is 0 Å². The number of esters is 2. The number of benzene rings is 4. The number of carbonyl (C=O) groups is 15. The van der Waals surface area contributed by atoms with Crippen LogP contribution in [0.1, 0.15) is 294 Å². The molecule has 1 saturated heterocycles. The topological polar surface area (TPSA) is 411 Å². The SMILES string of the molecule is CC(C)C[C@@H](CC(=O)[C@H](CC(=O)[C@H]1Cc2ccccc2CN1C(=O)OC(C)(C)C)Cc1ccccc1)C(=O)N[C@H](CCCCNC(=O)OC(C)(C)C)C(=O)O.COC(=O)C1(C)CCN(C(=O)[C@@H](CCCCNC(=O)OC(C)(C)C)NC(=O)[C@H](CC(=O)[C@H](CC(=O)[C@H]2Cc3ccccc3CN2C(=O)OC(C)(C)C)Cc2ccccc2)CC(C)C)CC1.COC(=O)C1(NC(=O)OC(C)(C)C)CCCCC1. The number of ketones is 4. The summed E-state index contributed by atoms with van der Waals surface area (Å²) in [5.41, 5.74) is 0.397. The van der Waals surface area contributed by atoms with Crippen LogP contribution >= 0.6 is 0 Å². The lowest BCUT2D eigenvalue weighted by molar-refractivity contribution is -0.156. The van der Waals surface area contributed by atoms with E-state index >= 15 is 0 Å². The highest BCUT2D eigenvalue weighted by atomic mass is 16.6. The lowest BCUT2D eigenvalue weighted by Gasteiger charge is -2.39. The Balaban J connectivity index is 0.000000361. The number of likely N-dealkylation sites (tertiary alicyclic amines) is 1. The quantitative estimate of drug-likeness (QED) is 0.0137. The van der Waals surface area contributed by atoms with Gasteiger partial charge in [-0.25, -0.2) is 33.6 Å². The number of nitrogens with one attached hydrogen (secondary N) is 5. The Morgan fingerprint density at radius 1 is 0.420 bits per heavy atom. The first-order valence-electron chi connectivity index (χ1n) is 49.0. The zero-order valence-corrected chi connectivity index (χ0v) is 85.9. The fraction of sp³-hybridized carbons (Fsp3) is 0.636. The second kappa shape index (κ2) is 53.2. The van der Waals surface area contributed by atoms with E-state index in [0.717, 1.165) is 52.6 Å². The van der Waals surface area contributed by atoms with E-state index in [1.165, 1.54) is 24.0 Å². The van der Waals surface area contributed by atoms with Crippen molar-refractivity contribution in [2.24, 2.45) is 40.9 Å². The fourth-order valence-corrected chi connectivity index (χ4v) is 17.5. The maximum Gasteiger partial charge on any atom is 0.411 e. The Hall–Kier alpha value is -11.3. The molecular weight excluding hydrogens is 1770 g/mol. The molecule has 31 nitrogen and oxygen atoms in total. The van der Waals surface area contributed by atoms with Crippen molar-refractivity contribution in [3.63, 3.8) is 0 Å². The molecule has 138 heavy (non-hydrogen) atoms. The minimum Gasteiger partial charge on any atom is -0.480 e. The number of aliphatic carboxylic acids is 1. The predicted octanol–water partition coefficient (Wildman–Crippen LogP) is 17.2. The fourth-order valence-electron chi connectivity index (χ4n) is 17.5. The molecule has 3 heterocycles. The number of hydrogen-bond donors (Lipinski definition) is 6. The summed E-state index contributed by atoms with van der Waals surface area (Å²) in [6, 6.07) is 30.3. The van der Waals surface area contributed by atoms with Crippen LogP contribution < -0.4 is 26.6 Å². The van der Waals surface area contributed by atoms with E-state index in [1.807, 2.05) is 144 Å². The van der Waals surface area contributed by atoms with Crippen LogP contribution in [0.25, 0.3) is 0 Å². The second-order valence-corrected chi connectivity index (χ2v) is 43.2. The lowest BCUT2D eigenvalue weighted by atomic mass is 9.80. The van der Waals surface area contributed by atoms with Gasteiger partial charge in [0.15, 0.2) is 11.6 Å². The normalized spacial score (nSPS) is 17.1. The summed E-state index contributed by atoms with van der Waals surface area (Å²) in [7, 11) is 2.69. The standard InChI is InChI=1S/C51H74N4O10.C43H61N3O9.C13H23NO4/c1-34(2)28-39(44(58)53-40(22-16-17-25-52-47(61)64-49(3,4)5)45(59)54-26-23-51(9,24-27-54)46(60)63-10)32-42(56)38(29-35-18-12-11-13-19-35)31-43(57)41-30-36-20-14-15-21-37(36)33-55(41)48(62)65-50(6,7)8;1-28(2)22-33(38(49)45-34(39(50)51)20-14-15-21-44-40(52)54-42(3,4)5)26-36(47)32(23-29-16-10-9-11-17-29)25-37(48)35-24-30-18-12-13-19-31(30)27-46(35)41(53)55-43(6,7)8;1-12(2,3)18-11(16)14-13(10(15)17-4)8-6-5-7-9-13/h11-15,18-21,34,38-41H,16-17,22-33H2,1-10H3,(H,52,61)(H,53,58);9-13,16-19,28,32-35H,14-15,20-27H2,1-8H3,(H,44,52)(H,45,49)(H,50,51);5-9H2,1-4H3,(H,14,16)/t38-,39-,40+,41+;32-,33-,34+,35+;/m00./s1. The Kier molecular flexibility index (Phi) is 44.5. The van der Waals surface area contributed by atoms with E-state index in [1.54, 1.807) is 109 Å². The number of nitrogens with zero attached hydrogens (tertiary/aromatic N) is 3. The second-order valence-electron chi connectivity index (χ2n) is 43.2. The molecule has 4 aromatic rings. The highest BCUT2D eigenvalue weighted by molar-refractivity contribution is 5.97. The third-order valence-corrected chi connectivity index (χ3v) is 24.4. The number of hydrogen-bond acceptors (Lipinski definition) is 22. The molecule has 0 radical (unpaired) electrons. The van der Waals surface area contributed by atoms with Crippen molar-refractivity contribution in [3.8, 4) is 0 Å². The summed E-state index contributed by atoms with van der Waals surface area (Å²) in [4.78, 5) is 204. The molecule has 0 aromatic heterocycles.